The van der Waals surface area contributed by atoms with Gasteiger partial charge in [0.05, 0.1) is 0 Å². The fourth-order valence-corrected chi connectivity index (χ4v) is 6.16. The van der Waals surface area contributed by atoms with Crippen LogP contribution in [-0.4, -0.2) is 66.5 Å². The zero-order chi connectivity index (χ0) is 28.1. The molecule has 0 N–H and O–H groups in total. The maximum atomic E-state index is 12.8. The fourth-order valence-electron chi connectivity index (χ4n) is 6.16. The number of hydroxylamine groups is 4. The van der Waals surface area contributed by atoms with Gasteiger partial charge in [-0.05, 0) is 67.5 Å². The largest absolute Gasteiger partial charge is 0.460 e. The third-order valence-electron chi connectivity index (χ3n) is 7.68. The summed E-state index contributed by atoms with van der Waals surface area (Å²) in [5, 5.41) is 28.0. The van der Waals surface area contributed by atoms with Crippen molar-refractivity contribution in [1.29, 1.82) is 0 Å². The normalized spacial score (nSPS) is 23.7. The summed E-state index contributed by atoms with van der Waals surface area (Å²) in [5.41, 5.74) is -1.46. The van der Waals surface area contributed by atoms with Crippen molar-refractivity contribution in [3.05, 3.63) is 30.3 Å². The van der Waals surface area contributed by atoms with Crippen molar-refractivity contribution in [3.8, 4) is 12.0 Å². The first-order valence-corrected chi connectivity index (χ1v) is 13.3. The van der Waals surface area contributed by atoms with Gasteiger partial charge in [0.2, 0.25) is 5.95 Å². The van der Waals surface area contributed by atoms with Crippen LogP contribution in [0.2, 0.25) is 0 Å². The molecule has 10 nitrogen and oxygen atoms in total. The van der Waals surface area contributed by atoms with Gasteiger partial charge in [-0.25, -0.2) is 0 Å². The van der Waals surface area contributed by atoms with E-state index in [2.05, 4.69) is 15.0 Å². The van der Waals surface area contributed by atoms with Gasteiger partial charge in [-0.15, -0.1) is 25.5 Å². The molecule has 1 aromatic heterocycles. The minimum absolute atomic E-state index is 0.156. The Labute approximate surface area is 226 Å². The second kappa shape index (κ2) is 9.89. The number of para-hydroxylation sites is 1. The van der Waals surface area contributed by atoms with Gasteiger partial charge in [0.1, 0.15) is 12.2 Å². The van der Waals surface area contributed by atoms with Crippen molar-refractivity contribution in [3.63, 3.8) is 0 Å². The molecule has 3 heterocycles. The van der Waals surface area contributed by atoms with E-state index in [-0.39, 0.29) is 24.2 Å². The van der Waals surface area contributed by atoms with Crippen molar-refractivity contribution in [2.75, 3.05) is 11.9 Å². The monoisotopic (exact) mass is 526 g/mol. The van der Waals surface area contributed by atoms with Gasteiger partial charge in [0.15, 0.2) is 0 Å². The molecule has 0 unspecified atom stereocenters. The second-order valence-corrected chi connectivity index (χ2v) is 13.2. The van der Waals surface area contributed by atoms with Crippen LogP contribution in [0, 0.1) is 0 Å². The van der Waals surface area contributed by atoms with Crippen LogP contribution in [0.1, 0.15) is 81.1 Å². The first-order valence-electron chi connectivity index (χ1n) is 13.3. The van der Waals surface area contributed by atoms with Gasteiger partial charge in [-0.3, -0.25) is 0 Å². The summed E-state index contributed by atoms with van der Waals surface area (Å²) >= 11 is 0. The third kappa shape index (κ3) is 5.88. The van der Waals surface area contributed by atoms with Gasteiger partial charge >= 0.3 is 12.0 Å². The Kier molecular flexibility index (Phi) is 7.42. The van der Waals surface area contributed by atoms with Crippen molar-refractivity contribution >= 4 is 11.6 Å². The lowest BCUT2D eigenvalue weighted by molar-refractivity contribution is -0.297. The molecule has 1 aromatic carbocycles. The first kappa shape index (κ1) is 28.5. The average Bonchev–Trinajstić information content (AvgIpc) is 2.80. The Balaban J connectivity index is 1.65. The first-order chi connectivity index (χ1) is 17.5. The zero-order valence-electron chi connectivity index (χ0n) is 24.2. The number of anilines is 2. The molecule has 2 fully saturated rings. The van der Waals surface area contributed by atoms with Gasteiger partial charge < -0.3 is 14.4 Å². The topological polar surface area (TPSA) is 107 Å². The summed E-state index contributed by atoms with van der Waals surface area (Å²) < 4.78 is 12.7. The molecule has 0 amide bonds. The van der Waals surface area contributed by atoms with E-state index >= 15 is 0 Å². The van der Waals surface area contributed by atoms with Crippen LogP contribution < -0.4 is 14.4 Å². The molecule has 2 aliphatic heterocycles. The van der Waals surface area contributed by atoms with E-state index in [1.807, 2.05) is 97.7 Å². The van der Waals surface area contributed by atoms with Crippen molar-refractivity contribution in [1.82, 2.24) is 25.1 Å². The number of aromatic nitrogens is 3. The molecule has 38 heavy (non-hydrogen) atoms. The van der Waals surface area contributed by atoms with E-state index < -0.39 is 22.2 Å². The van der Waals surface area contributed by atoms with Crippen LogP contribution in [0.15, 0.2) is 30.3 Å². The smallest absolute Gasteiger partial charge is 0.324 e. The van der Waals surface area contributed by atoms with E-state index in [0.29, 0.717) is 31.6 Å². The van der Waals surface area contributed by atoms with Crippen molar-refractivity contribution in [2.45, 2.75) is 115 Å². The predicted octanol–water partition coefficient (Wildman–Crippen LogP) is 5.13. The molecule has 0 aliphatic carbocycles. The summed E-state index contributed by atoms with van der Waals surface area (Å²) in [6, 6.07) is 10.1. The van der Waals surface area contributed by atoms with Crippen LogP contribution >= 0.6 is 0 Å². The van der Waals surface area contributed by atoms with E-state index in [1.165, 1.54) is 10.1 Å². The van der Waals surface area contributed by atoms with Crippen LogP contribution in [0.25, 0.3) is 0 Å². The Morgan fingerprint density at radius 1 is 0.684 bits per heavy atom. The number of hydrogen-bond donors (Lipinski definition) is 0. The van der Waals surface area contributed by atoms with E-state index in [4.69, 9.17) is 9.47 Å². The molecular formula is C28H42N6O4. The molecule has 2 aliphatic rings. The highest BCUT2D eigenvalue weighted by Crippen LogP contribution is 2.40. The van der Waals surface area contributed by atoms with Gasteiger partial charge in [0, 0.05) is 60.6 Å². The average molecular weight is 527 g/mol. The summed E-state index contributed by atoms with van der Waals surface area (Å²) in [4.78, 5) is 15.7. The quantitative estimate of drug-likeness (QED) is 0.510. The van der Waals surface area contributed by atoms with Gasteiger partial charge in [-0.1, -0.05) is 18.2 Å². The molecule has 2 radical (unpaired) electrons. The minimum Gasteiger partial charge on any atom is -0.460 e. The molecule has 208 valence electrons. The number of benzene rings is 1. The highest BCUT2D eigenvalue weighted by Gasteiger charge is 2.48. The van der Waals surface area contributed by atoms with Crippen LogP contribution in [0.3, 0.4) is 0 Å². The van der Waals surface area contributed by atoms with Crippen LogP contribution in [0.4, 0.5) is 11.6 Å². The summed E-state index contributed by atoms with van der Waals surface area (Å²) in [7, 11) is 1.88. The number of rotatable bonds is 6. The van der Waals surface area contributed by atoms with Crippen molar-refractivity contribution in [2.24, 2.45) is 0 Å². The van der Waals surface area contributed by atoms with Gasteiger partial charge in [0.25, 0.3) is 0 Å². The molecule has 10 heteroatoms. The molecule has 0 atom stereocenters. The highest BCUT2D eigenvalue weighted by molar-refractivity contribution is 5.56. The number of nitrogens with zero attached hydrogens (tertiary/aromatic N) is 6. The molecular weight excluding hydrogens is 484 g/mol. The molecule has 0 saturated carbocycles. The SMILES string of the molecule is CN(c1ccccc1)c1nc(OC2CC(C)(C)N([O])C(C)(C)C2)nc(OC2CC(C)(C)N([O])C(C)(C)C2)n1. The van der Waals surface area contributed by atoms with Crippen LogP contribution in [0.5, 0.6) is 12.0 Å². The number of ether oxygens (including phenoxy) is 2. The third-order valence-corrected chi connectivity index (χ3v) is 7.68. The summed E-state index contributed by atoms with van der Waals surface area (Å²) in [6.45, 7) is 15.4. The summed E-state index contributed by atoms with van der Waals surface area (Å²) in [6.07, 6.45) is 1.65. The Morgan fingerprint density at radius 2 is 1.05 bits per heavy atom. The zero-order valence-corrected chi connectivity index (χ0v) is 24.2. The number of hydrogen-bond acceptors (Lipinski definition) is 8. The molecule has 2 aromatic rings. The van der Waals surface area contributed by atoms with E-state index in [9.17, 15) is 10.4 Å². The molecule has 0 bridgehead atoms. The van der Waals surface area contributed by atoms with Crippen molar-refractivity contribution < 1.29 is 19.9 Å². The summed E-state index contributed by atoms with van der Waals surface area (Å²) in [5.74, 6) is 0.385. The Hall–Kier alpha value is -2.53. The second-order valence-electron chi connectivity index (χ2n) is 13.2. The lowest BCUT2D eigenvalue weighted by Gasteiger charge is -2.49. The minimum atomic E-state index is -0.591. The highest BCUT2D eigenvalue weighted by atomic mass is 16.5. The number of piperidine rings is 2. The van der Waals surface area contributed by atoms with E-state index in [0.717, 1.165) is 5.69 Å². The Morgan fingerprint density at radius 3 is 1.42 bits per heavy atom. The fraction of sp³-hybridized carbons (Fsp3) is 0.679. The lowest BCUT2D eigenvalue weighted by Crippen LogP contribution is -2.60. The van der Waals surface area contributed by atoms with E-state index in [1.54, 1.807) is 0 Å². The molecule has 2 saturated heterocycles. The van der Waals surface area contributed by atoms with Gasteiger partial charge in [-0.2, -0.15) is 9.97 Å². The predicted molar refractivity (Wildman–Crippen MR) is 143 cm³/mol. The molecule has 0 spiro atoms. The maximum absolute atomic E-state index is 12.8. The maximum Gasteiger partial charge on any atom is 0.324 e. The van der Waals surface area contributed by atoms with Crippen LogP contribution in [-0.2, 0) is 10.4 Å². The Bertz CT molecular complexity index is 1030. The molecule has 4 rings (SSSR count). The standard InChI is InChI=1S/C28H42N6O4/c1-25(2)15-20(16-26(3,4)33(25)35)37-23-29-22(32(9)19-13-11-10-12-14-19)30-24(31-23)38-21-17-27(5,6)34(36)28(7,8)18-21/h10-14,20-21H,15-18H2,1-9H3. The lowest BCUT2D eigenvalue weighted by atomic mass is 9.80.